The number of aromatic nitrogens is 2. The van der Waals surface area contributed by atoms with Crippen LogP contribution in [0.1, 0.15) is 24.3 Å². The maximum Gasteiger partial charge on any atom is 0.358 e. The summed E-state index contributed by atoms with van der Waals surface area (Å²) in [4.78, 5) is 21.9. The molecule has 0 bridgehead atoms. The molecule has 0 N–H and O–H groups in total. The topological polar surface area (TPSA) is 55.3 Å². The van der Waals surface area contributed by atoms with E-state index >= 15 is 0 Å². The van der Waals surface area contributed by atoms with Crippen LogP contribution in [0.15, 0.2) is 12.4 Å². The van der Waals surface area contributed by atoms with Crippen molar-refractivity contribution in [3.05, 3.63) is 18.1 Å². The fourth-order valence-electron chi connectivity index (χ4n) is 2.03. The number of carbonyl (C=O) groups excluding carboxylic acids is 1. The highest BCUT2D eigenvalue weighted by Gasteiger charge is 2.27. The first-order chi connectivity index (χ1) is 8.11. The molecule has 1 saturated heterocycles. The van der Waals surface area contributed by atoms with Crippen molar-refractivity contribution in [2.45, 2.75) is 13.8 Å². The summed E-state index contributed by atoms with van der Waals surface area (Å²) in [6.07, 6.45) is 3.12. The summed E-state index contributed by atoms with van der Waals surface area (Å²) < 4.78 is 4.64. The number of hydrogen-bond donors (Lipinski definition) is 0. The molecule has 2 heterocycles. The molecule has 5 nitrogen and oxygen atoms in total. The highest BCUT2D eigenvalue weighted by Crippen LogP contribution is 2.25. The van der Waals surface area contributed by atoms with Gasteiger partial charge in [0.1, 0.15) is 5.82 Å². The lowest BCUT2D eigenvalue weighted by atomic mass is 10.0. The van der Waals surface area contributed by atoms with Crippen LogP contribution in [0.2, 0.25) is 0 Å². The average molecular weight is 235 g/mol. The highest BCUT2D eigenvalue weighted by atomic mass is 16.5. The van der Waals surface area contributed by atoms with E-state index < -0.39 is 5.97 Å². The number of rotatable bonds is 2. The summed E-state index contributed by atoms with van der Waals surface area (Å²) >= 11 is 0. The summed E-state index contributed by atoms with van der Waals surface area (Å²) in [6, 6.07) is 0. The first kappa shape index (κ1) is 11.8. The normalized spacial score (nSPS) is 23.8. The minimum atomic E-state index is -0.445. The molecular formula is C12H17N3O2. The van der Waals surface area contributed by atoms with E-state index in [-0.39, 0.29) is 5.69 Å². The summed E-state index contributed by atoms with van der Waals surface area (Å²) in [5, 5.41) is 0. The zero-order valence-corrected chi connectivity index (χ0v) is 10.4. The summed E-state index contributed by atoms with van der Waals surface area (Å²) in [7, 11) is 1.34. The molecule has 0 radical (unpaired) electrons. The molecule has 5 heteroatoms. The quantitative estimate of drug-likeness (QED) is 0.724. The number of nitrogens with zero attached hydrogens (tertiary/aromatic N) is 3. The average Bonchev–Trinajstić information content (AvgIpc) is 2.69. The fraction of sp³-hybridized carbons (Fsp3) is 0.583. The maximum atomic E-state index is 11.4. The maximum absolute atomic E-state index is 11.4. The molecule has 0 amide bonds. The number of carbonyl (C=O) groups is 1. The Hall–Kier alpha value is -1.65. The number of esters is 1. The number of hydrogen-bond acceptors (Lipinski definition) is 5. The van der Waals surface area contributed by atoms with Gasteiger partial charge in [0.05, 0.1) is 19.5 Å². The molecule has 1 fully saturated rings. The number of ether oxygens (including phenoxy) is 1. The van der Waals surface area contributed by atoms with Crippen LogP contribution in [0.25, 0.3) is 0 Å². The van der Waals surface area contributed by atoms with Crippen molar-refractivity contribution in [2.75, 3.05) is 25.1 Å². The van der Waals surface area contributed by atoms with Crippen LogP contribution in [0, 0.1) is 11.8 Å². The molecule has 92 valence electrons. The van der Waals surface area contributed by atoms with Gasteiger partial charge in [-0.2, -0.15) is 0 Å². The summed E-state index contributed by atoms with van der Waals surface area (Å²) in [5.41, 5.74) is 0.261. The lowest BCUT2D eigenvalue weighted by Gasteiger charge is -2.16. The van der Waals surface area contributed by atoms with Crippen LogP contribution in [-0.4, -0.2) is 36.1 Å². The Morgan fingerprint density at radius 1 is 1.35 bits per heavy atom. The predicted octanol–water partition coefficient (Wildman–Crippen LogP) is 1.36. The molecule has 0 saturated carbocycles. The van der Waals surface area contributed by atoms with Crippen molar-refractivity contribution < 1.29 is 9.53 Å². The lowest BCUT2D eigenvalue weighted by molar-refractivity contribution is 0.0593. The highest BCUT2D eigenvalue weighted by molar-refractivity contribution is 5.87. The van der Waals surface area contributed by atoms with Crippen LogP contribution in [0.4, 0.5) is 5.82 Å². The van der Waals surface area contributed by atoms with E-state index in [1.54, 1.807) is 6.20 Å². The molecule has 2 rings (SSSR count). The van der Waals surface area contributed by atoms with Crippen LogP contribution in [0.5, 0.6) is 0 Å². The van der Waals surface area contributed by atoms with Gasteiger partial charge in [-0.1, -0.05) is 13.8 Å². The Bertz CT molecular complexity index is 412. The Morgan fingerprint density at radius 2 is 2.00 bits per heavy atom. The van der Waals surface area contributed by atoms with E-state index in [4.69, 9.17) is 0 Å². The van der Waals surface area contributed by atoms with Gasteiger partial charge in [-0.25, -0.2) is 9.78 Å². The van der Waals surface area contributed by atoms with Crippen molar-refractivity contribution >= 4 is 11.8 Å². The van der Waals surface area contributed by atoms with E-state index in [0.717, 1.165) is 18.9 Å². The molecule has 17 heavy (non-hydrogen) atoms. The van der Waals surface area contributed by atoms with Crippen molar-refractivity contribution in [3.63, 3.8) is 0 Å². The zero-order chi connectivity index (χ0) is 12.4. The smallest absolute Gasteiger partial charge is 0.358 e. The minimum absolute atomic E-state index is 0.261. The van der Waals surface area contributed by atoms with Gasteiger partial charge in [-0.15, -0.1) is 0 Å². The van der Waals surface area contributed by atoms with Crippen molar-refractivity contribution in [3.8, 4) is 0 Å². The Labute approximate surface area is 101 Å². The van der Waals surface area contributed by atoms with E-state index in [2.05, 4.69) is 33.5 Å². The van der Waals surface area contributed by atoms with Gasteiger partial charge >= 0.3 is 5.97 Å². The van der Waals surface area contributed by atoms with Crippen molar-refractivity contribution in [1.29, 1.82) is 0 Å². The molecule has 0 spiro atoms. The third kappa shape index (κ3) is 2.38. The molecular weight excluding hydrogens is 218 g/mol. The number of anilines is 1. The van der Waals surface area contributed by atoms with Crippen LogP contribution < -0.4 is 4.90 Å². The third-order valence-electron chi connectivity index (χ3n) is 3.33. The second-order valence-electron chi connectivity index (χ2n) is 4.61. The minimum Gasteiger partial charge on any atom is -0.464 e. The molecule has 0 aliphatic carbocycles. The van der Waals surface area contributed by atoms with Gasteiger partial charge in [-0.05, 0) is 11.8 Å². The van der Waals surface area contributed by atoms with E-state index in [0.29, 0.717) is 11.8 Å². The van der Waals surface area contributed by atoms with Crippen LogP contribution in [-0.2, 0) is 4.74 Å². The van der Waals surface area contributed by atoms with Crippen molar-refractivity contribution in [2.24, 2.45) is 11.8 Å². The molecule has 0 aromatic carbocycles. The fourth-order valence-corrected chi connectivity index (χ4v) is 2.03. The predicted molar refractivity (Wildman–Crippen MR) is 63.9 cm³/mol. The second kappa shape index (κ2) is 4.69. The number of methoxy groups -OCH3 is 1. The van der Waals surface area contributed by atoms with Gasteiger partial charge in [-0.3, -0.25) is 4.98 Å². The molecule has 1 aliphatic rings. The SMILES string of the molecule is COC(=O)c1cncc(N2CC(C)C(C)C2)n1. The second-order valence-corrected chi connectivity index (χ2v) is 4.61. The monoisotopic (exact) mass is 235 g/mol. The first-order valence-electron chi connectivity index (χ1n) is 5.77. The molecule has 1 aromatic rings. The Morgan fingerprint density at radius 3 is 2.59 bits per heavy atom. The third-order valence-corrected chi connectivity index (χ3v) is 3.33. The van der Waals surface area contributed by atoms with Crippen molar-refractivity contribution in [1.82, 2.24) is 9.97 Å². The van der Waals surface area contributed by atoms with E-state index in [1.165, 1.54) is 13.3 Å². The first-order valence-corrected chi connectivity index (χ1v) is 5.77. The molecule has 2 unspecified atom stereocenters. The van der Waals surface area contributed by atoms with Gasteiger partial charge in [0.15, 0.2) is 5.69 Å². The van der Waals surface area contributed by atoms with Crippen LogP contribution in [0.3, 0.4) is 0 Å². The lowest BCUT2D eigenvalue weighted by Crippen LogP contribution is -2.22. The Balaban J connectivity index is 2.19. The summed E-state index contributed by atoms with van der Waals surface area (Å²) in [5.74, 6) is 1.58. The van der Waals surface area contributed by atoms with E-state index in [9.17, 15) is 4.79 Å². The van der Waals surface area contributed by atoms with Gasteiger partial charge in [0.25, 0.3) is 0 Å². The largest absolute Gasteiger partial charge is 0.464 e. The molecule has 2 atom stereocenters. The summed E-state index contributed by atoms with van der Waals surface area (Å²) in [6.45, 7) is 6.37. The Kier molecular flexibility index (Phi) is 3.26. The van der Waals surface area contributed by atoms with Gasteiger partial charge < -0.3 is 9.64 Å². The van der Waals surface area contributed by atoms with E-state index in [1.807, 2.05) is 0 Å². The van der Waals surface area contributed by atoms with Gasteiger partial charge in [0.2, 0.25) is 0 Å². The van der Waals surface area contributed by atoms with Gasteiger partial charge in [0, 0.05) is 13.1 Å². The standard InChI is InChI=1S/C12H17N3O2/c1-8-6-15(7-9(8)2)11-5-13-4-10(14-11)12(16)17-3/h4-5,8-9H,6-7H2,1-3H3. The molecule has 1 aliphatic heterocycles. The zero-order valence-electron chi connectivity index (χ0n) is 10.4. The molecule has 1 aromatic heterocycles. The van der Waals surface area contributed by atoms with Crippen LogP contribution >= 0.6 is 0 Å².